The number of rotatable bonds is 4. The fraction of sp³-hybridized carbons (Fsp3) is 1.00. The average molecular weight is 242 g/mol. The van der Waals surface area contributed by atoms with Crippen LogP contribution >= 0.6 is 0 Å². The van der Waals surface area contributed by atoms with Crippen LogP contribution in [0.15, 0.2) is 0 Å². The zero-order valence-electron chi connectivity index (χ0n) is 12.9. The van der Waals surface area contributed by atoms with Gasteiger partial charge >= 0.3 is 0 Å². The molecule has 1 fully saturated rings. The Morgan fingerprint density at radius 1 is 1.18 bits per heavy atom. The molecule has 1 heterocycles. The van der Waals surface area contributed by atoms with Crippen molar-refractivity contribution in [2.45, 2.75) is 60.4 Å². The van der Waals surface area contributed by atoms with E-state index in [9.17, 15) is 0 Å². The topological polar surface area (TPSA) is 15.3 Å². The SMILES string of the molecule is CC.CCNCC1CCN(C(C)C)CCC1C. The van der Waals surface area contributed by atoms with Gasteiger partial charge in [0, 0.05) is 6.04 Å². The van der Waals surface area contributed by atoms with Crippen LogP contribution in [0.5, 0.6) is 0 Å². The minimum Gasteiger partial charge on any atom is -0.317 e. The first-order chi connectivity index (χ1) is 8.15. The molecule has 2 heteroatoms. The normalized spacial score (nSPS) is 26.3. The van der Waals surface area contributed by atoms with Crippen LogP contribution in [0, 0.1) is 11.8 Å². The van der Waals surface area contributed by atoms with Gasteiger partial charge in [0.05, 0.1) is 0 Å². The summed E-state index contributed by atoms with van der Waals surface area (Å²) in [7, 11) is 0. The standard InChI is InChI=1S/C13H28N2.C2H6/c1-5-14-10-13-7-9-15(11(2)3)8-6-12(13)4;1-2/h11-14H,5-10H2,1-4H3;1-2H3. The van der Waals surface area contributed by atoms with E-state index >= 15 is 0 Å². The molecule has 2 atom stereocenters. The van der Waals surface area contributed by atoms with Gasteiger partial charge in [-0.05, 0) is 64.7 Å². The smallest absolute Gasteiger partial charge is 0.00385 e. The van der Waals surface area contributed by atoms with Gasteiger partial charge in [-0.25, -0.2) is 0 Å². The third-order valence-electron chi connectivity index (χ3n) is 3.85. The molecule has 2 nitrogen and oxygen atoms in total. The highest BCUT2D eigenvalue weighted by Crippen LogP contribution is 2.24. The fourth-order valence-electron chi connectivity index (χ4n) is 2.48. The summed E-state index contributed by atoms with van der Waals surface area (Å²) in [6, 6.07) is 0.718. The van der Waals surface area contributed by atoms with Gasteiger partial charge in [-0.1, -0.05) is 27.7 Å². The number of hydrogen-bond donors (Lipinski definition) is 1. The predicted octanol–water partition coefficient (Wildman–Crippen LogP) is 3.38. The van der Waals surface area contributed by atoms with Crippen LogP contribution in [0.4, 0.5) is 0 Å². The number of hydrogen-bond acceptors (Lipinski definition) is 2. The zero-order chi connectivity index (χ0) is 13.3. The molecule has 1 aliphatic rings. The molecule has 0 spiro atoms. The van der Waals surface area contributed by atoms with E-state index in [4.69, 9.17) is 0 Å². The minimum atomic E-state index is 0.718. The van der Waals surface area contributed by atoms with Gasteiger partial charge in [-0.3, -0.25) is 0 Å². The molecule has 0 aromatic carbocycles. The monoisotopic (exact) mass is 242 g/mol. The largest absolute Gasteiger partial charge is 0.317 e. The van der Waals surface area contributed by atoms with Crippen molar-refractivity contribution in [1.82, 2.24) is 10.2 Å². The Hall–Kier alpha value is -0.0800. The van der Waals surface area contributed by atoms with Gasteiger partial charge < -0.3 is 10.2 Å². The molecular weight excluding hydrogens is 208 g/mol. The van der Waals surface area contributed by atoms with Gasteiger partial charge in [0.2, 0.25) is 0 Å². The molecule has 2 unspecified atom stereocenters. The Morgan fingerprint density at radius 3 is 2.29 bits per heavy atom. The van der Waals surface area contributed by atoms with Crippen molar-refractivity contribution in [2.24, 2.45) is 11.8 Å². The van der Waals surface area contributed by atoms with E-state index in [1.165, 1.54) is 32.5 Å². The van der Waals surface area contributed by atoms with Gasteiger partial charge in [0.1, 0.15) is 0 Å². The van der Waals surface area contributed by atoms with Crippen molar-refractivity contribution in [1.29, 1.82) is 0 Å². The highest BCUT2D eigenvalue weighted by atomic mass is 15.1. The van der Waals surface area contributed by atoms with E-state index in [1.807, 2.05) is 13.8 Å². The molecular formula is C15H34N2. The van der Waals surface area contributed by atoms with E-state index < -0.39 is 0 Å². The van der Waals surface area contributed by atoms with Crippen LogP contribution in [0.2, 0.25) is 0 Å². The average Bonchev–Trinajstić information content (AvgIpc) is 2.52. The van der Waals surface area contributed by atoms with E-state index in [-0.39, 0.29) is 0 Å². The number of nitrogens with one attached hydrogen (secondary N) is 1. The fourth-order valence-corrected chi connectivity index (χ4v) is 2.48. The maximum Gasteiger partial charge on any atom is 0.00385 e. The molecule has 0 saturated carbocycles. The Bertz CT molecular complexity index is 168. The Balaban J connectivity index is 0.00000121. The molecule has 0 aromatic heterocycles. The van der Waals surface area contributed by atoms with Crippen LogP contribution in [-0.2, 0) is 0 Å². The summed E-state index contributed by atoms with van der Waals surface area (Å²) < 4.78 is 0. The van der Waals surface area contributed by atoms with Crippen LogP contribution in [0.25, 0.3) is 0 Å². The third-order valence-corrected chi connectivity index (χ3v) is 3.85. The summed E-state index contributed by atoms with van der Waals surface area (Å²) in [6.07, 6.45) is 2.74. The molecule has 0 amide bonds. The lowest BCUT2D eigenvalue weighted by Crippen LogP contribution is -2.32. The molecule has 1 aliphatic heterocycles. The van der Waals surface area contributed by atoms with Crippen LogP contribution in [0.3, 0.4) is 0 Å². The Labute approximate surface area is 109 Å². The van der Waals surface area contributed by atoms with Crippen molar-refractivity contribution in [3.63, 3.8) is 0 Å². The number of likely N-dealkylation sites (tertiary alicyclic amines) is 1. The second kappa shape index (κ2) is 9.90. The maximum absolute atomic E-state index is 3.50. The van der Waals surface area contributed by atoms with Crippen molar-refractivity contribution in [2.75, 3.05) is 26.2 Å². The molecule has 17 heavy (non-hydrogen) atoms. The molecule has 0 bridgehead atoms. The van der Waals surface area contributed by atoms with Gasteiger partial charge in [0.15, 0.2) is 0 Å². The first-order valence-corrected chi connectivity index (χ1v) is 7.59. The first-order valence-electron chi connectivity index (χ1n) is 7.59. The second-order valence-corrected chi connectivity index (χ2v) is 5.25. The molecule has 0 aromatic rings. The molecule has 1 rings (SSSR count). The van der Waals surface area contributed by atoms with Crippen molar-refractivity contribution in [3.05, 3.63) is 0 Å². The van der Waals surface area contributed by atoms with E-state index in [1.54, 1.807) is 0 Å². The van der Waals surface area contributed by atoms with Gasteiger partial charge in [0.25, 0.3) is 0 Å². The Morgan fingerprint density at radius 2 is 1.76 bits per heavy atom. The predicted molar refractivity (Wildman–Crippen MR) is 78.5 cm³/mol. The van der Waals surface area contributed by atoms with Crippen LogP contribution in [-0.4, -0.2) is 37.1 Å². The lowest BCUT2D eigenvalue weighted by molar-refractivity contribution is 0.227. The number of nitrogens with zero attached hydrogens (tertiary/aromatic N) is 1. The third kappa shape index (κ3) is 6.42. The van der Waals surface area contributed by atoms with Gasteiger partial charge in [-0.2, -0.15) is 0 Å². The first kappa shape index (κ1) is 16.9. The van der Waals surface area contributed by atoms with Crippen molar-refractivity contribution >= 4 is 0 Å². The lowest BCUT2D eigenvalue weighted by atomic mass is 9.89. The minimum absolute atomic E-state index is 0.718. The van der Waals surface area contributed by atoms with E-state index in [0.29, 0.717) is 0 Å². The molecule has 104 valence electrons. The highest BCUT2D eigenvalue weighted by molar-refractivity contribution is 4.77. The maximum atomic E-state index is 3.50. The summed E-state index contributed by atoms with van der Waals surface area (Å²) in [5, 5.41) is 3.50. The van der Waals surface area contributed by atoms with E-state index in [0.717, 1.165) is 24.4 Å². The highest BCUT2D eigenvalue weighted by Gasteiger charge is 2.23. The van der Waals surface area contributed by atoms with Crippen molar-refractivity contribution in [3.8, 4) is 0 Å². The van der Waals surface area contributed by atoms with E-state index in [2.05, 4.69) is 37.9 Å². The van der Waals surface area contributed by atoms with Crippen molar-refractivity contribution < 1.29 is 0 Å². The molecule has 0 aliphatic carbocycles. The molecule has 0 radical (unpaired) electrons. The summed E-state index contributed by atoms with van der Waals surface area (Å²) in [4.78, 5) is 2.63. The Kier molecular flexibility index (Phi) is 9.85. The summed E-state index contributed by atoms with van der Waals surface area (Å²) in [5.41, 5.74) is 0. The summed E-state index contributed by atoms with van der Waals surface area (Å²) in [5.74, 6) is 1.77. The summed E-state index contributed by atoms with van der Waals surface area (Å²) >= 11 is 0. The van der Waals surface area contributed by atoms with Crippen LogP contribution < -0.4 is 5.32 Å². The quantitative estimate of drug-likeness (QED) is 0.813. The van der Waals surface area contributed by atoms with Gasteiger partial charge in [-0.15, -0.1) is 0 Å². The lowest BCUT2D eigenvalue weighted by Gasteiger charge is -2.24. The summed E-state index contributed by atoms with van der Waals surface area (Å²) in [6.45, 7) is 18.2. The molecule has 1 N–H and O–H groups in total. The van der Waals surface area contributed by atoms with Crippen LogP contribution in [0.1, 0.15) is 54.4 Å². The zero-order valence-corrected chi connectivity index (χ0v) is 12.9. The molecule has 1 saturated heterocycles. The second-order valence-electron chi connectivity index (χ2n) is 5.25.